The fourth-order valence-electron chi connectivity index (χ4n) is 4.62. The molecule has 2 fully saturated rings. The highest BCUT2D eigenvalue weighted by Gasteiger charge is 2.30. The molecule has 0 radical (unpaired) electrons. The standard InChI is InChI=1S/C23H35N3O2/c1-18-7-6-8-19(2)26(18)23(28)17-25-15-13-21(14-16-25)24-22(27)12-11-20-9-4-3-5-10-20/h3-5,9-10,18-19,21H,6-8,11-17H2,1-2H3,(H,24,27)/t18-,19-/m0/s1. The van der Waals surface area contributed by atoms with Gasteiger partial charge in [0.05, 0.1) is 6.54 Å². The largest absolute Gasteiger partial charge is 0.353 e. The molecule has 1 aromatic rings. The van der Waals surface area contributed by atoms with E-state index >= 15 is 0 Å². The van der Waals surface area contributed by atoms with Crippen molar-refractivity contribution in [2.24, 2.45) is 0 Å². The minimum atomic E-state index is 0.134. The second kappa shape index (κ2) is 10.1. The summed E-state index contributed by atoms with van der Waals surface area (Å²) < 4.78 is 0. The van der Waals surface area contributed by atoms with Gasteiger partial charge < -0.3 is 10.2 Å². The minimum absolute atomic E-state index is 0.134. The quantitative estimate of drug-likeness (QED) is 0.819. The summed E-state index contributed by atoms with van der Waals surface area (Å²) in [6.07, 6.45) is 6.63. The Balaban J connectivity index is 1.37. The zero-order valence-corrected chi connectivity index (χ0v) is 17.4. The average molecular weight is 386 g/mol. The molecule has 1 aromatic carbocycles. The third-order valence-electron chi connectivity index (χ3n) is 6.28. The Bertz CT molecular complexity index is 631. The lowest BCUT2D eigenvalue weighted by molar-refractivity contribution is -0.139. The lowest BCUT2D eigenvalue weighted by atomic mass is 9.97. The molecule has 1 N–H and O–H groups in total. The number of piperidine rings is 2. The van der Waals surface area contributed by atoms with E-state index < -0.39 is 0 Å². The molecular formula is C23H35N3O2. The first-order valence-corrected chi connectivity index (χ1v) is 10.9. The van der Waals surface area contributed by atoms with Crippen molar-refractivity contribution in [3.05, 3.63) is 35.9 Å². The Morgan fingerprint density at radius 1 is 1.00 bits per heavy atom. The van der Waals surface area contributed by atoms with E-state index in [-0.39, 0.29) is 17.9 Å². The van der Waals surface area contributed by atoms with Crippen molar-refractivity contribution in [2.75, 3.05) is 19.6 Å². The molecular weight excluding hydrogens is 350 g/mol. The van der Waals surface area contributed by atoms with E-state index in [1.54, 1.807) is 0 Å². The lowest BCUT2D eigenvalue weighted by Gasteiger charge is -2.41. The van der Waals surface area contributed by atoms with Gasteiger partial charge in [0.25, 0.3) is 0 Å². The van der Waals surface area contributed by atoms with Gasteiger partial charge in [-0.25, -0.2) is 0 Å². The molecule has 2 amide bonds. The highest BCUT2D eigenvalue weighted by atomic mass is 16.2. The van der Waals surface area contributed by atoms with Gasteiger partial charge in [-0.3, -0.25) is 14.5 Å². The highest BCUT2D eigenvalue weighted by molar-refractivity contribution is 5.79. The monoisotopic (exact) mass is 385 g/mol. The van der Waals surface area contributed by atoms with Gasteiger partial charge >= 0.3 is 0 Å². The van der Waals surface area contributed by atoms with Gasteiger partial charge in [0, 0.05) is 37.6 Å². The molecule has 5 nitrogen and oxygen atoms in total. The number of hydrogen-bond donors (Lipinski definition) is 1. The maximum atomic E-state index is 12.8. The van der Waals surface area contributed by atoms with E-state index in [2.05, 4.69) is 41.1 Å². The van der Waals surface area contributed by atoms with Gasteiger partial charge in [0.2, 0.25) is 11.8 Å². The third kappa shape index (κ3) is 5.81. The van der Waals surface area contributed by atoms with Crippen molar-refractivity contribution in [1.82, 2.24) is 15.1 Å². The molecule has 2 heterocycles. The van der Waals surface area contributed by atoms with Crippen molar-refractivity contribution in [2.45, 2.75) is 76.9 Å². The number of amides is 2. The lowest BCUT2D eigenvalue weighted by Crippen LogP contribution is -2.53. The second-order valence-corrected chi connectivity index (χ2v) is 8.53. The summed E-state index contributed by atoms with van der Waals surface area (Å²) in [5, 5.41) is 3.18. The molecule has 0 bridgehead atoms. The van der Waals surface area contributed by atoms with Crippen LogP contribution < -0.4 is 5.32 Å². The van der Waals surface area contributed by atoms with Crippen LogP contribution in [-0.2, 0) is 16.0 Å². The molecule has 3 rings (SSSR count). The van der Waals surface area contributed by atoms with Gasteiger partial charge in [0.1, 0.15) is 0 Å². The van der Waals surface area contributed by atoms with Crippen LogP contribution in [0.25, 0.3) is 0 Å². The molecule has 2 atom stereocenters. The minimum Gasteiger partial charge on any atom is -0.353 e. The van der Waals surface area contributed by atoms with Crippen LogP contribution in [-0.4, -0.2) is 59.4 Å². The molecule has 0 spiro atoms. The van der Waals surface area contributed by atoms with Gasteiger partial charge in [-0.05, 0) is 57.9 Å². The number of rotatable bonds is 6. The first-order chi connectivity index (χ1) is 13.5. The number of likely N-dealkylation sites (tertiary alicyclic amines) is 2. The Morgan fingerprint density at radius 3 is 2.29 bits per heavy atom. The number of carbonyl (C=O) groups is 2. The Kier molecular flexibility index (Phi) is 7.49. The summed E-state index contributed by atoms with van der Waals surface area (Å²) in [4.78, 5) is 29.4. The van der Waals surface area contributed by atoms with Crippen LogP contribution in [0.1, 0.15) is 57.9 Å². The number of benzene rings is 1. The molecule has 5 heteroatoms. The molecule has 0 saturated carbocycles. The predicted molar refractivity (Wildman–Crippen MR) is 112 cm³/mol. The molecule has 28 heavy (non-hydrogen) atoms. The summed E-state index contributed by atoms with van der Waals surface area (Å²) >= 11 is 0. The van der Waals surface area contributed by atoms with Crippen molar-refractivity contribution in [1.29, 1.82) is 0 Å². The summed E-state index contributed by atoms with van der Waals surface area (Å²) in [6.45, 7) is 6.62. The fraction of sp³-hybridized carbons (Fsp3) is 0.652. The molecule has 154 valence electrons. The Labute approximate surface area is 169 Å². The van der Waals surface area contributed by atoms with Crippen LogP contribution in [0.2, 0.25) is 0 Å². The average Bonchev–Trinajstić information content (AvgIpc) is 2.68. The summed E-state index contributed by atoms with van der Waals surface area (Å²) in [6, 6.07) is 11.1. The third-order valence-corrected chi connectivity index (χ3v) is 6.28. The second-order valence-electron chi connectivity index (χ2n) is 8.53. The first kappa shape index (κ1) is 20.8. The van der Waals surface area contributed by atoms with Crippen molar-refractivity contribution < 1.29 is 9.59 Å². The molecule has 0 aromatic heterocycles. The van der Waals surface area contributed by atoms with E-state index in [1.165, 1.54) is 12.0 Å². The molecule has 0 aliphatic carbocycles. The van der Waals surface area contributed by atoms with Crippen LogP contribution >= 0.6 is 0 Å². The Morgan fingerprint density at radius 2 is 1.64 bits per heavy atom. The summed E-state index contributed by atoms with van der Waals surface area (Å²) in [7, 11) is 0. The number of carbonyl (C=O) groups excluding carboxylic acids is 2. The first-order valence-electron chi connectivity index (χ1n) is 10.9. The van der Waals surface area contributed by atoms with E-state index in [0.29, 0.717) is 25.0 Å². The maximum absolute atomic E-state index is 12.8. The highest BCUT2D eigenvalue weighted by Crippen LogP contribution is 2.23. The van der Waals surface area contributed by atoms with Gasteiger partial charge in [-0.2, -0.15) is 0 Å². The molecule has 2 aliphatic heterocycles. The zero-order valence-electron chi connectivity index (χ0n) is 17.4. The molecule has 2 aliphatic rings. The van der Waals surface area contributed by atoms with Gasteiger partial charge in [-0.15, -0.1) is 0 Å². The number of aryl methyl sites for hydroxylation is 1. The SMILES string of the molecule is C[C@H]1CCC[C@H](C)N1C(=O)CN1CCC(NC(=O)CCc2ccccc2)CC1. The van der Waals surface area contributed by atoms with E-state index in [4.69, 9.17) is 0 Å². The van der Waals surface area contributed by atoms with Crippen LogP contribution in [0.15, 0.2) is 30.3 Å². The maximum Gasteiger partial charge on any atom is 0.237 e. The van der Waals surface area contributed by atoms with Crippen LogP contribution in [0.3, 0.4) is 0 Å². The van der Waals surface area contributed by atoms with Crippen LogP contribution in [0.5, 0.6) is 0 Å². The molecule has 0 unspecified atom stereocenters. The summed E-state index contributed by atoms with van der Waals surface area (Å²) in [5.41, 5.74) is 1.20. The van der Waals surface area contributed by atoms with Gasteiger partial charge in [0.15, 0.2) is 0 Å². The van der Waals surface area contributed by atoms with Crippen LogP contribution in [0.4, 0.5) is 0 Å². The topological polar surface area (TPSA) is 52.7 Å². The fourth-order valence-corrected chi connectivity index (χ4v) is 4.62. The van der Waals surface area contributed by atoms with Crippen molar-refractivity contribution in [3.8, 4) is 0 Å². The number of nitrogens with zero attached hydrogens (tertiary/aromatic N) is 2. The summed E-state index contributed by atoms with van der Waals surface area (Å²) in [5.74, 6) is 0.402. The zero-order chi connectivity index (χ0) is 19.9. The molecule has 2 saturated heterocycles. The predicted octanol–water partition coefficient (Wildman–Crippen LogP) is 2.99. The van der Waals surface area contributed by atoms with E-state index in [1.807, 2.05) is 18.2 Å². The smallest absolute Gasteiger partial charge is 0.237 e. The van der Waals surface area contributed by atoms with Crippen molar-refractivity contribution in [3.63, 3.8) is 0 Å². The normalized spacial score (nSPS) is 24.1. The van der Waals surface area contributed by atoms with E-state index in [9.17, 15) is 9.59 Å². The number of hydrogen-bond acceptors (Lipinski definition) is 3. The van der Waals surface area contributed by atoms with Crippen molar-refractivity contribution >= 4 is 11.8 Å². The number of nitrogens with one attached hydrogen (secondary N) is 1. The van der Waals surface area contributed by atoms with Gasteiger partial charge in [-0.1, -0.05) is 30.3 Å². The van der Waals surface area contributed by atoms with E-state index in [0.717, 1.165) is 45.2 Å². The Hall–Kier alpha value is -1.88. The van der Waals surface area contributed by atoms with Crippen LogP contribution in [0, 0.1) is 0 Å².